The summed E-state index contributed by atoms with van der Waals surface area (Å²) in [7, 11) is 0. The Kier molecular flexibility index (Phi) is 5.99. The smallest absolute Gasteiger partial charge is 0.313 e. The van der Waals surface area contributed by atoms with Gasteiger partial charge in [-0.05, 0) is 29.6 Å². The van der Waals surface area contributed by atoms with Crippen LogP contribution in [0.5, 0.6) is 5.75 Å². The molecule has 2 rings (SSSR count). The Bertz CT molecular complexity index is 675. The third kappa shape index (κ3) is 4.83. The van der Waals surface area contributed by atoms with E-state index in [0.29, 0.717) is 10.8 Å². The first-order valence-electron chi connectivity index (χ1n) is 6.42. The average molecular weight is 403 g/mol. The highest BCUT2D eigenvalue weighted by Gasteiger charge is 2.20. The van der Waals surface area contributed by atoms with E-state index in [2.05, 4.69) is 21.2 Å². The fourth-order valence-electron chi connectivity index (χ4n) is 1.85. The molecule has 7 heteroatoms. The quantitative estimate of drug-likeness (QED) is 0.598. The molecule has 1 atom stereocenters. The molecule has 2 aromatic rings. The van der Waals surface area contributed by atoms with E-state index >= 15 is 0 Å². The van der Waals surface area contributed by atoms with Crippen LogP contribution >= 0.6 is 38.9 Å². The molecule has 0 bridgehead atoms. The predicted molar refractivity (Wildman–Crippen MR) is 90.3 cm³/mol. The molecule has 1 amide bonds. The number of rotatable bonds is 5. The van der Waals surface area contributed by atoms with E-state index in [1.807, 2.05) is 17.5 Å². The minimum Gasteiger partial charge on any atom is -0.425 e. The van der Waals surface area contributed by atoms with Crippen LogP contribution in [0, 0.1) is 0 Å². The molecule has 0 aliphatic heterocycles. The molecule has 1 aromatic carbocycles. The summed E-state index contributed by atoms with van der Waals surface area (Å²) in [4.78, 5) is 24.3. The zero-order chi connectivity index (χ0) is 16.1. The van der Waals surface area contributed by atoms with Crippen molar-refractivity contribution in [3.8, 4) is 5.75 Å². The van der Waals surface area contributed by atoms with Crippen molar-refractivity contribution in [2.75, 3.05) is 0 Å². The minimum absolute atomic E-state index is 0.0342. The minimum atomic E-state index is -0.462. The molecular weight excluding hydrogens is 390 g/mol. The number of esters is 1. The van der Waals surface area contributed by atoms with Crippen LogP contribution in [-0.2, 0) is 9.59 Å². The molecule has 0 aliphatic carbocycles. The molecular formula is C15H13BrClNO3S. The maximum absolute atomic E-state index is 12.1. The first-order valence-corrected chi connectivity index (χ1v) is 8.47. The molecule has 0 spiro atoms. The zero-order valence-corrected chi connectivity index (χ0v) is 14.8. The molecule has 22 heavy (non-hydrogen) atoms. The Morgan fingerprint density at radius 1 is 1.41 bits per heavy atom. The van der Waals surface area contributed by atoms with Gasteiger partial charge in [0.15, 0.2) is 0 Å². The van der Waals surface area contributed by atoms with Crippen molar-refractivity contribution in [1.82, 2.24) is 5.32 Å². The fraction of sp³-hybridized carbons (Fsp3) is 0.200. The van der Waals surface area contributed by atoms with Crippen LogP contribution in [0.4, 0.5) is 0 Å². The molecule has 1 heterocycles. The van der Waals surface area contributed by atoms with Crippen LogP contribution in [0.15, 0.2) is 40.2 Å². The topological polar surface area (TPSA) is 55.4 Å². The maximum atomic E-state index is 12.1. The van der Waals surface area contributed by atoms with E-state index in [0.717, 1.165) is 9.35 Å². The third-order valence-corrected chi connectivity index (χ3v) is 4.53. The van der Waals surface area contributed by atoms with E-state index in [4.69, 9.17) is 16.3 Å². The lowest BCUT2D eigenvalue weighted by Crippen LogP contribution is -2.28. The van der Waals surface area contributed by atoms with Gasteiger partial charge in [0.1, 0.15) is 5.75 Å². The van der Waals surface area contributed by atoms with E-state index in [-0.39, 0.29) is 12.3 Å². The van der Waals surface area contributed by atoms with Gasteiger partial charge in [0.2, 0.25) is 5.91 Å². The molecule has 0 aliphatic rings. The summed E-state index contributed by atoms with van der Waals surface area (Å²) in [6.45, 7) is 1.41. The standard InChI is InChI=1S/C15H13BrClNO3S/c1-9(19)18-12(14-3-2-6-22-14)8-15(20)21-13-5-4-10(16)7-11(13)17/h2-7,12H,8H2,1H3,(H,18,19). The van der Waals surface area contributed by atoms with Crippen molar-refractivity contribution in [3.63, 3.8) is 0 Å². The Labute approximate surface area is 145 Å². The summed E-state index contributed by atoms with van der Waals surface area (Å²) < 4.78 is 6.07. The van der Waals surface area contributed by atoms with Gasteiger partial charge in [-0.2, -0.15) is 0 Å². The number of benzene rings is 1. The summed E-state index contributed by atoms with van der Waals surface area (Å²) in [5.41, 5.74) is 0. The number of hydrogen-bond acceptors (Lipinski definition) is 4. The summed E-state index contributed by atoms with van der Waals surface area (Å²) in [6.07, 6.45) is 0.0342. The Morgan fingerprint density at radius 3 is 2.77 bits per heavy atom. The molecule has 1 N–H and O–H groups in total. The first-order chi connectivity index (χ1) is 10.5. The number of halogens is 2. The summed E-state index contributed by atoms with van der Waals surface area (Å²) in [5.74, 6) is -0.369. The normalized spacial score (nSPS) is 11.8. The van der Waals surface area contributed by atoms with Crippen LogP contribution < -0.4 is 10.1 Å². The van der Waals surface area contributed by atoms with Crippen LogP contribution in [-0.4, -0.2) is 11.9 Å². The van der Waals surface area contributed by atoms with Crippen molar-refractivity contribution in [3.05, 3.63) is 50.1 Å². The highest BCUT2D eigenvalue weighted by atomic mass is 79.9. The van der Waals surface area contributed by atoms with Crippen LogP contribution in [0.1, 0.15) is 24.3 Å². The van der Waals surface area contributed by atoms with Gasteiger partial charge in [-0.25, -0.2) is 0 Å². The van der Waals surface area contributed by atoms with Crippen molar-refractivity contribution < 1.29 is 14.3 Å². The average Bonchev–Trinajstić information content (AvgIpc) is 2.95. The number of carbonyl (C=O) groups is 2. The highest BCUT2D eigenvalue weighted by Crippen LogP contribution is 2.29. The Hall–Kier alpha value is -1.37. The third-order valence-electron chi connectivity index (χ3n) is 2.75. The molecule has 1 aromatic heterocycles. The van der Waals surface area contributed by atoms with Gasteiger partial charge in [0, 0.05) is 16.3 Å². The van der Waals surface area contributed by atoms with Crippen molar-refractivity contribution in [1.29, 1.82) is 0 Å². The van der Waals surface area contributed by atoms with E-state index in [9.17, 15) is 9.59 Å². The van der Waals surface area contributed by atoms with Crippen molar-refractivity contribution >= 4 is 50.7 Å². The molecule has 1 unspecified atom stereocenters. The number of amides is 1. The first kappa shape index (κ1) is 17.0. The monoisotopic (exact) mass is 401 g/mol. The largest absolute Gasteiger partial charge is 0.425 e. The highest BCUT2D eigenvalue weighted by molar-refractivity contribution is 9.10. The summed E-state index contributed by atoms with van der Waals surface area (Å²) >= 11 is 10.8. The van der Waals surface area contributed by atoms with Crippen LogP contribution in [0.2, 0.25) is 5.02 Å². The summed E-state index contributed by atoms with van der Waals surface area (Å²) in [5, 5.41) is 4.99. The number of carbonyl (C=O) groups excluding carboxylic acids is 2. The molecule has 4 nitrogen and oxygen atoms in total. The van der Waals surface area contributed by atoms with E-state index < -0.39 is 12.0 Å². The molecule has 0 fully saturated rings. The van der Waals surface area contributed by atoms with E-state index in [1.54, 1.807) is 18.2 Å². The number of thiophene rings is 1. The van der Waals surface area contributed by atoms with Gasteiger partial charge in [0.05, 0.1) is 17.5 Å². The van der Waals surface area contributed by atoms with Crippen LogP contribution in [0.3, 0.4) is 0 Å². The summed E-state index contributed by atoms with van der Waals surface area (Å²) in [6, 6.07) is 8.33. The van der Waals surface area contributed by atoms with Crippen molar-refractivity contribution in [2.24, 2.45) is 0 Å². The van der Waals surface area contributed by atoms with Gasteiger partial charge >= 0.3 is 5.97 Å². The molecule has 116 valence electrons. The SMILES string of the molecule is CC(=O)NC(CC(=O)Oc1ccc(Br)cc1Cl)c1cccs1. The predicted octanol–water partition coefficient (Wildman–Crippen LogP) is 4.34. The zero-order valence-electron chi connectivity index (χ0n) is 11.6. The Morgan fingerprint density at radius 2 is 2.18 bits per heavy atom. The second kappa shape index (κ2) is 7.76. The second-order valence-corrected chi connectivity index (χ2v) is 6.82. The van der Waals surface area contributed by atoms with Gasteiger partial charge in [-0.1, -0.05) is 33.6 Å². The van der Waals surface area contributed by atoms with E-state index in [1.165, 1.54) is 18.3 Å². The van der Waals surface area contributed by atoms with Gasteiger partial charge in [-0.3, -0.25) is 9.59 Å². The lowest BCUT2D eigenvalue weighted by atomic mass is 10.1. The fourth-order valence-corrected chi connectivity index (χ4v) is 3.34. The Balaban J connectivity index is 2.06. The second-order valence-electron chi connectivity index (χ2n) is 4.52. The van der Waals surface area contributed by atoms with Gasteiger partial charge in [0.25, 0.3) is 0 Å². The number of ether oxygens (including phenoxy) is 1. The lowest BCUT2D eigenvalue weighted by molar-refractivity contribution is -0.135. The lowest BCUT2D eigenvalue weighted by Gasteiger charge is -2.16. The molecule has 0 radical (unpaired) electrons. The maximum Gasteiger partial charge on any atom is 0.313 e. The number of hydrogen-bond donors (Lipinski definition) is 1. The molecule has 0 saturated carbocycles. The molecule has 0 saturated heterocycles. The number of nitrogens with one attached hydrogen (secondary N) is 1. The van der Waals surface area contributed by atoms with Gasteiger partial charge in [-0.15, -0.1) is 11.3 Å². The van der Waals surface area contributed by atoms with Crippen LogP contribution in [0.25, 0.3) is 0 Å². The van der Waals surface area contributed by atoms with Crippen molar-refractivity contribution in [2.45, 2.75) is 19.4 Å². The van der Waals surface area contributed by atoms with Gasteiger partial charge < -0.3 is 10.1 Å².